The summed E-state index contributed by atoms with van der Waals surface area (Å²) in [6.07, 6.45) is 6.02. The van der Waals surface area contributed by atoms with Gasteiger partial charge in [-0.2, -0.15) is 0 Å². The third-order valence-electron chi connectivity index (χ3n) is 6.11. The second kappa shape index (κ2) is 6.50. The second-order valence-electron chi connectivity index (χ2n) is 8.78. The highest BCUT2D eigenvalue weighted by Gasteiger charge is 2.37. The fourth-order valence-corrected chi connectivity index (χ4v) is 4.46. The number of amides is 1. The van der Waals surface area contributed by atoms with Gasteiger partial charge in [0.1, 0.15) is 5.82 Å². The summed E-state index contributed by atoms with van der Waals surface area (Å²) < 4.78 is 13.5. The van der Waals surface area contributed by atoms with E-state index in [9.17, 15) is 9.18 Å². The predicted octanol–water partition coefficient (Wildman–Crippen LogP) is 5.35. The number of halogens is 1. The van der Waals surface area contributed by atoms with E-state index in [-0.39, 0.29) is 23.7 Å². The molecular weight excluding hydrogens is 301 g/mol. The van der Waals surface area contributed by atoms with E-state index >= 15 is 0 Å². The lowest BCUT2D eigenvalue weighted by atomic mass is 9.69. The topological polar surface area (TPSA) is 20.3 Å². The molecule has 0 N–H and O–H groups in total. The van der Waals surface area contributed by atoms with Crippen molar-refractivity contribution in [2.45, 2.75) is 72.3 Å². The third-order valence-corrected chi connectivity index (χ3v) is 6.11. The van der Waals surface area contributed by atoms with E-state index < -0.39 is 0 Å². The van der Waals surface area contributed by atoms with E-state index in [1.807, 2.05) is 4.90 Å². The van der Waals surface area contributed by atoms with Gasteiger partial charge < -0.3 is 4.90 Å². The number of carbonyl (C=O) groups is 1. The zero-order valence-electron chi connectivity index (χ0n) is 15.4. The minimum atomic E-state index is -0.207. The summed E-state index contributed by atoms with van der Waals surface area (Å²) >= 11 is 0. The van der Waals surface area contributed by atoms with Crippen LogP contribution in [0.25, 0.3) is 0 Å². The minimum Gasteiger partial charge on any atom is -0.309 e. The molecule has 1 aromatic carbocycles. The summed E-state index contributed by atoms with van der Waals surface area (Å²) in [5, 5.41) is 0. The van der Waals surface area contributed by atoms with Gasteiger partial charge in [-0.15, -0.1) is 0 Å². The van der Waals surface area contributed by atoms with E-state index in [1.165, 1.54) is 6.07 Å². The van der Waals surface area contributed by atoms with Crippen LogP contribution in [0.15, 0.2) is 18.2 Å². The Hall–Kier alpha value is -1.38. The van der Waals surface area contributed by atoms with Gasteiger partial charge in [0.15, 0.2) is 0 Å². The van der Waals surface area contributed by atoms with E-state index in [4.69, 9.17) is 0 Å². The largest absolute Gasteiger partial charge is 0.309 e. The van der Waals surface area contributed by atoms with Gasteiger partial charge in [0.25, 0.3) is 0 Å². The van der Waals surface area contributed by atoms with Crippen molar-refractivity contribution in [3.8, 4) is 0 Å². The molecule has 132 valence electrons. The Morgan fingerprint density at radius 3 is 2.42 bits per heavy atom. The molecule has 0 spiro atoms. The molecule has 2 nitrogen and oxygen atoms in total. The number of anilines is 1. The number of nitrogens with zero attached hydrogens (tertiary/aromatic N) is 1. The van der Waals surface area contributed by atoms with Crippen molar-refractivity contribution in [1.29, 1.82) is 0 Å². The Balaban J connectivity index is 1.76. The molecule has 0 radical (unpaired) electrons. The molecule has 1 aliphatic heterocycles. The van der Waals surface area contributed by atoms with Crippen molar-refractivity contribution in [2.75, 3.05) is 4.90 Å². The molecule has 2 aliphatic rings. The van der Waals surface area contributed by atoms with Gasteiger partial charge in [0.05, 0.1) is 0 Å². The Morgan fingerprint density at radius 1 is 1.12 bits per heavy atom. The number of benzene rings is 1. The molecule has 1 amide bonds. The van der Waals surface area contributed by atoms with Crippen molar-refractivity contribution in [3.05, 3.63) is 29.6 Å². The smallest absolute Gasteiger partial charge is 0.230 e. The first-order valence-electron chi connectivity index (χ1n) is 9.39. The van der Waals surface area contributed by atoms with Crippen molar-refractivity contribution in [1.82, 2.24) is 0 Å². The van der Waals surface area contributed by atoms with E-state index in [0.717, 1.165) is 49.8 Å². The maximum Gasteiger partial charge on any atom is 0.230 e. The highest BCUT2D eigenvalue weighted by atomic mass is 19.1. The van der Waals surface area contributed by atoms with Crippen molar-refractivity contribution < 1.29 is 9.18 Å². The fraction of sp³-hybridized carbons (Fsp3) is 0.667. The molecule has 1 aromatic rings. The molecule has 0 aromatic heterocycles. The maximum atomic E-state index is 13.5. The molecule has 1 aliphatic carbocycles. The predicted molar refractivity (Wildman–Crippen MR) is 96.6 cm³/mol. The van der Waals surface area contributed by atoms with Gasteiger partial charge in [-0.05, 0) is 80.5 Å². The number of fused-ring (bicyclic) bond motifs is 1. The number of rotatable bonds is 1. The van der Waals surface area contributed by atoms with Gasteiger partial charge >= 0.3 is 0 Å². The Kier molecular flexibility index (Phi) is 4.72. The summed E-state index contributed by atoms with van der Waals surface area (Å²) in [6.45, 7) is 9.02. The van der Waals surface area contributed by atoms with Crippen LogP contribution in [0.4, 0.5) is 10.1 Å². The van der Waals surface area contributed by atoms with E-state index in [1.54, 1.807) is 12.1 Å². The Morgan fingerprint density at radius 2 is 1.79 bits per heavy atom. The van der Waals surface area contributed by atoms with Crippen molar-refractivity contribution in [2.24, 2.45) is 17.3 Å². The van der Waals surface area contributed by atoms with Crippen LogP contribution in [-0.2, 0) is 11.2 Å². The first-order chi connectivity index (χ1) is 11.3. The molecule has 1 fully saturated rings. The normalized spacial score (nSPS) is 27.7. The zero-order valence-corrected chi connectivity index (χ0v) is 15.4. The molecule has 1 saturated carbocycles. The number of hydrogen-bond acceptors (Lipinski definition) is 1. The molecule has 3 rings (SSSR count). The van der Waals surface area contributed by atoms with Gasteiger partial charge in [-0.3, -0.25) is 4.79 Å². The van der Waals surface area contributed by atoms with E-state index in [2.05, 4.69) is 27.7 Å². The lowest BCUT2D eigenvalue weighted by Crippen LogP contribution is -2.46. The van der Waals surface area contributed by atoms with Crippen LogP contribution in [0.5, 0.6) is 0 Å². The quantitative estimate of drug-likeness (QED) is 0.679. The van der Waals surface area contributed by atoms with Crippen LogP contribution >= 0.6 is 0 Å². The second-order valence-corrected chi connectivity index (χ2v) is 8.78. The van der Waals surface area contributed by atoms with Crippen molar-refractivity contribution >= 4 is 11.6 Å². The summed E-state index contributed by atoms with van der Waals surface area (Å²) in [5.41, 5.74) is 2.24. The van der Waals surface area contributed by atoms with Crippen LogP contribution in [0, 0.1) is 23.1 Å². The minimum absolute atomic E-state index is 0.127. The third kappa shape index (κ3) is 3.36. The average molecular weight is 331 g/mol. The number of aryl methyl sites for hydroxylation is 1. The SMILES string of the molecule is CC1CCc2cc(F)ccc2N1C(=O)C1CCC(C(C)(C)C)CC1. The van der Waals surface area contributed by atoms with Crippen LogP contribution in [0.2, 0.25) is 0 Å². The molecule has 1 unspecified atom stereocenters. The van der Waals surface area contributed by atoms with Gasteiger partial charge in [0, 0.05) is 17.6 Å². The van der Waals surface area contributed by atoms with Crippen LogP contribution in [0.1, 0.15) is 65.4 Å². The monoisotopic (exact) mass is 331 g/mol. The maximum absolute atomic E-state index is 13.5. The lowest BCUT2D eigenvalue weighted by Gasteiger charge is -2.41. The molecule has 0 bridgehead atoms. The average Bonchev–Trinajstić information content (AvgIpc) is 2.54. The zero-order chi connectivity index (χ0) is 17.5. The van der Waals surface area contributed by atoms with E-state index in [0.29, 0.717) is 11.3 Å². The first kappa shape index (κ1) is 17.4. The molecule has 0 saturated heterocycles. The number of hydrogen-bond donors (Lipinski definition) is 0. The Labute approximate surface area is 145 Å². The molecule has 1 atom stereocenters. The summed E-state index contributed by atoms with van der Waals surface area (Å²) in [5.74, 6) is 0.882. The highest BCUT2D eigenvalue weighted by molar-refractivity contribution is 5.96. The lowest BCUT2D eigenvalue weighted by molar-refractivity contribution is -0.124. The van der Waals surface area contributed by atoms with Gasteiger partial charge in [-0.25, -0.2) is 4.39 Å². The van der Waals surface area contributed by atoms with Crippen LogP contribution in [0.3, 0.4) is 0 Å². The summed E-state index contributed by atoms with van der Waals surface area (Å²) in [7, 11) is 0. The van der Waals surface area contributed by atoms with Crippen LogP contribution < -0.4 is 4.90 Å². The molecule has 1 heterocycles. The summed E-state index contributed by atoms with van der Waals surface area (Å²) in [4.78, 5) is 15.2. The molecule has 24 heavy (non-hydrogen) atoms. The van der Waals surface area contributed by atoms with Gasteiger partial charge in [-0.1, -0.05) is 20.8 Å². The first-order valence-corrected chi connectivity index (χ1v) is 9.39. The van der Waals surface area contributed by atoms with Gasteiger partial charge in [0.2, 0.25) is 5.91 Å². The summed E-state index contributed by atoms with van der Waals surface area (Å²) in [6, 6.07) is 5.07. The molecule has 3 heteroatoms. The highest BCUT2D eigenvalue weighted by Crippen LogP contribution is 2.41. The van der Waals surface area contributed by atoms with Crippen LogP contribution in [-0.4, -0.2) is 11.9 Å². The van der Waals surface area contributed by atoms with Crippen molar-refractivity contribution in [3.63, 3.8) is 0 Å². The standard InChI is InChI=1S/C21H30FNO/c1-14-5-6-16-13-18(22)11-12-19(16)23(14)20(24)15-7-9-17(10-8-15)21(2,3)4/h11-15,17H,5-10H2,1-4H3. The Bertz CT molecular complexity index is 611. The molecular formula is C21H30FNO. The number of carbonyl (C=O) groups excluding carboxylic acids is 1. The fourth-order valence-electron chi connectivity index (χ4n) is 4.46.